The summed E-state index contributed by atoms with van der Waals surface area (Å²) in [6.45, 7) is 5.74. The van der Waals surface area contributed by atoms with Gasteiger partial charge in [-0.1, -0.05) is 43.7 Å². The number of hydrogen-bond donors (Lipinski definition) is 2. The monoisotopic (exact) mass is 284 g/mol. The van der Waals surface area contributed by atoms with Gasteiger partial charge in [0.25, 0.3) is 0 Å². The van der Waals surface area contributed by atoms with E-state index in [-0.39, 0.29) is 16.8 Å². The van der Waals surface area contributed by atoms with Crippen LogP contribution in [0.4, 0.5) is 5.69 Å². The van der Waals surface area contributed by atoms with Gasteiger partial charge in [-0.05, 0) is 30.5 Å². The Balaban J connectivity index is 2.89. The highest BCUT2D eigenvalue weighted by molar-refractivity contribution is 7.80. The predicted molar refractivity (Wildman–Crippen MR) is 79.9 cm³/mol. The molecule has 3 N–H and O–H groups in total. The van der Waals surface area contributed by atoms with Crippen molar-refractivity contribution in [3.8, 4) is 0 Å². The zero-order chi connectivity index (χ0) is 13.9. The molecule has 0 heterocycles. The van der Waals surface area contributed by atoms with Crippen LogP contribution in [-0.2, 0) is 4.79 Å². The standard InChI is InChI=1S/C13H17ClN2OS/c1-7(2)11(12(15)18)13(17)16-10-5-4-8(3)6-9(10)14/h4-7,11H,1-3H3,(H2,15,18)(H,16,17). The Kier molecular flexibility index (Phi) is 5.11. The zero-order valence-corrected chi connectivity index (χ0v) is 12.2. The molecular formula is C13H17ClN2OS. The molecule has 98 valence electrons. The summed E-state index contributed by atoms with van der Waals surface area (Å²) in [6, 6.07) is 5.45. The molecular weight excluding hydrogens is 268 g/mol. The summed E-state index contributed by atoms with van der Waals surface area (Å²) in [5, 5.41) is 3.27. The van der Waals surface area contributed by atoms with Crippen molar-refractivity contribution >= 4 is 40.4 Å². The Morgan fingerprint density at radius 3 is 2.50 bits per heavy atom. The first kappa shape index (κ1) is 14.9. The number of aryl methyl sites for hydroxylation is 1. The molecule has 5 heteroatoms. The van der Waals surface area contributed by atoms with Crippen molar-refractivity contribution in [3.05, 3.63) is 28.8 Å². The SMILES string of the molecule is Cc1ccc(NC(=O)C(C(N)=S)C(C)C)c(Cl)c1. The minimum atomic E-state index is -0.489. The molecule has 3 nitrogen and oxygen atoms in total. The molecule has 1 aromatic carbocycles. The van der Waals surface area contributed by atoms with Crippen molar-refractivity contribution in [2.24, 2.45) is 17.6 Å². The first-order valence-corrected chi connectivity index (χ1v) is 6.48. The maximum absolute atomic E-state index is 12.1. The van der Waals surface area contributed by atoms with Crippen molar-refractivity contribution < 1.29 is 4.79 Å². The third kappa shape index (κ3) is 3.68. The van der Waals surface area contributed by atoms with Crippen LogP contribution in [-0.4, -0.2) is 10.9 Å². The number of rotatable bonds is 4. The molecule has 0 saturated carbocycles. The summed E-state index contributed by atoms with van der Waals surface area (Å²) < 4.78 is 0. The van der Waals surface area contributed by atoms with Crippen LogP contribution in [0, 0.1) is 18.8 Å². The normalized spacial score (nSPS) is 12.3. The van der Waals surface area contributed by atoms with Crippen LogP contribution < -0.4 is 11.1 Å². The van der Waals surface area contributed by atoms with E-state index in [0.29, 0.717) is 10.7 Å². The van der Waals surface area contributed by atoms with E-state index in [2.05, 4.69) is 5.32 Å². The van der Waals surface area contributed by atoms with E-state index in [0.717, 1.165) is 5.56 Å². The summed E-state index contributed by atoms with van der Waals surface area (Å²) in [5.41, 5.74) is 7.20. The number of anilines is 1. The molecule has 0 radical (unpaired) electrons. The third-order valence-corrected chi connectivity index (χ3v) is 3.20. The second-order valence-corrected chi connectivity index (χ2v) is 5.48. The summed E-state index contributed by atoms with van der Waals surface area (Å²) >= 11 is 11.0. The molecule has 0 fully saturated rings. The maximum Gasteiger partial charge on any atom is 0.234 e. The predicted octanol–water partition coefficient (Wildman–Crippen LogP) is 3.15. The molecule has 0 bridgehead atoms. The number of thiocarbonyl (C=S) groups is 1. The molecule has 1 amide bonds. The highest BCUT2D eigenvalue weighted by atomic mass is 35.5. The third-order valence-electron chi connectivity index (χ3n) is 2.64. The zero-order valence-electron chi connectivity index (χ0n) is 10.7. The van der Waals surface area contributed by atoms with Gasteiger partial charge in [0, 0.05) is 0 Å². The highest BCUT2D eigenvalue weighted by Gasteiger charge is 2.25. The number of halogens is 1. The van der Waals surface area contributed by atoms with Crippen LogP contribution >= 0.6 is 23.8 Å². The van der Waals surface area contributed by atoms with Crippen molar-refractivity contribution in [1.29, 1.82) is 0 Å². The van der Waals surface area contributed by atoms with E-state index in [1.807, 2.05) is 26.8 Å². The van der Waals surface area contributed by atoms with Gasteiger partial charge in [-0.2, -0.15) is 0 Å². The molecule has 1 unspecified atom stereocenters. The molecule has 0 aliphatic carbocycles. The lowest BCUT2D eigenvalue weighted by Crippen LogP contribution is -2.36. The Morgan fingerprint density at radius 1 is 1.44 bits per heavy atom. The van der Waals surface area contributed by atoms with Crippen LogP contribution in [0.25, 0.3) is 0 Å². The van der Waals surface area contributed by atoms with Crippen molar-refractivity contribution in [2.45, 2.75) is 20.8 Å². The smallest absolute Gasteiger partial charge is 0.234 e. The molecule has 0 spiro atoms. The molecule has 1 aromatic rings. The van der Waals surface area contributed by atoms with E-state index >= 15 is 0 Å². The van der Waals surface area contributed by atoms with Crippen LogP contribution in [0.1, 0.15) is 19.4 Å². The summed E-state index contributed by atoms with van der Waals surface area (Å²) in [5.74, 6) is -0.660. The number of amides is 1. The lowest BCUT2D eigenvalue weighted by atomic mass is 9.95. The van der Waals surface area contributed by atoms with E-state index < -0.39 is 5.92 Å². The minimum Gasteiger partial charge on any atom is -0.393 e. The molecule has 1 atom stereocenters. The van der Waals surface area contributed by atoms with E-state index in [4.69, 9.17) is 29.6 Å². The summed E-state index contributed by atoms with van der Waals surface area (Å²) in [6.07, 6.45) is 0. The Labute approximate surface area is 118 Å². The largest absolute Gasteiger partial charge is 0.393 e. The minimum absolute atomic E-state index is 0.0479. The fourth-order valence-corrected chi connectivity index (χ4v) is 2.35. The van der Waals surface area contributed by atoms with Crippen molar-refractivity contribution in [1.82, 2.24) is 0 Å². The average Bonchev–Trinajstić information content (AvgIpc) is 2.21. The Hall–Kier alpha value is -1.13. The number of benzene rings is 1. The molecule has 0 aromatic heterocycles. The first-order chi connectivity index (χ1) is 8.32. The number of hydrogen-bond acceptors (Lipinski definition) is 2. The summed E-state index contributed by atoms with van der Waals surface area (Å²) in [7, 11) is 0. The Morgan fingerprint density at radius 2 is 2.06 bits per heavy atom. The van der Waals surface area contributed by atoms with E-state index in [1.54, 1.807) is 12.1 Å². The number of carbonyl (C=O) groups excluding carboxylic acids is 1. The van der Waals surface area contributed by atoms with Crippen LogP contribution in [0.2, 0.25) is 5.02 Å². The van der Waals surface area contributed by atoms with Gasteiger partial charge in [0.05, 0.1) is 21.6 Å². The average molecular weight is 285 g/mol. The number of nitrogens with one attached hydrogen (secondary N) is 1. The van der Waals surface area contributed by atoms with Gasteiger partial charge in [-0.3, -0.25) is 4.79 Å². The van der Waals surface area contributed by atoms with Crippen molar-refractivity contribution in [3.63, 3.8) is 0 Å². The maximum atomic E-state index is 12.1. The molecule has 18 heavy (non-hydrogen) atoms. The molecule has 0 aliphatic rings. The van der Waals surface area contributed by atoms with Crippen molar-refractivity contribution in [2.75, 3.05) is 5.32 Å². The van der Waals surface area contributed by atoms with E-state index in [1.165, 1.54) is 0 Å². The second-order valence-electron chi connectivity index (χ2n) is 4.60. The lowest BCUT2D eigenvalue weighted by molar-refractivity contribution is -0.118. The number of carbonyl (C=O) groups is 1. The molecule has 0 saturated heterocycles. The van der Waals surface area contributed by atoms with Crippen LogP contribution in [0.3, 0.4) is 0 Å². The van der Waals surface area contributed by atoms with Gasteiger partial charge in [0.2, 0.25) is 5.91 Å². The molecule has 0 aliphatic heterocycles. The first-order valence-electron chi connectivity index (χ1n) is 5.69. The second kappa shape index (κ2) is 6.16. The highest BCUT2D eigenvalue weighted by Crippen LogP contribution is 2.24. The van der Waals surface area contributed by atoms with E-state index in [9.17, 15) is 4.79 Å². The molecule has 1 rings (SSSR count). The Bertz CT molecular complexity index is 474. The fourth-order valence-electron chi connectivity index (χ4n) is 1.69. The van der Waals surface area contributed by atoms with Gasteiger partial charge in [0.15, 0.2) is 0 Å². The van der Waals surface area contributed by atoms with Gasteiger partial charge in [-0.15, -0.1) is 0 Å². The topological polar surface area (TPSA) is 55.1 Å². The van der Waals surface area contributed by atoms with Crippen LogP contribution in [0.5, 0.6) is 0 Å². The number of nitrogens with two attached hydrogens (primary N) is 1. The van der Waals surface area contributed by atoms with Gasteiger partial charge < -0.3 is 11.1 Å². The van der Waals surface area contributed by atoms with Gasteiger partial charge >= 0.3 is 0 Å². The quantitative estimate of drug-likeness (QED) is 0.835. The fraction of sp³-hybridized carbons (Fsp3) is 0.385. The lowest BCUT2D eigenvalue weighted by Gasteiger charge is -2.19. The van der Waals surface area contributed by atoms with Crippen LogP contribution in [0.15, 0.2) is 18.2 Å². The van der Waals surface area contributed by atoms with Gasteiger partial charge in [0.1, 0.15) is 0 Å². The summed E-state index contributed by atoms with van der Waals surface area (Å²) in [4.78, 5) is 12.3. The van der Waals surface area contributed by atoms with Gasteiger partial charge in [-0.25, -0.2) is 0 Å².